The predicted octanol–water partition coefficient (Wildman–Crippen LogP) is 3.33. The largest absolute Gasteiger partial charge is 0.493 e. The normalized spacial score (nSPS) is 12.6. The fourth-order valence-electron chi connectivity index (χ4n) is 3.84. The Hall–Kier alpha value is -3.24. The Kier molecular flexibility index (Phi) is 6.34. The van der Waals surface area contributed by atoms with E-state index in [1.807, 2.05) is 34.9 Å². The molecular formula is C24H21ClN4O4S. The molecule has 4 aromatic rings. The van der Waals surface area contributed by atoms with Crippen molar-refractivity contribution in [2.45, 2.75) is 12.5 Å². The number of ether oxygens (including phenoxy) is 1. The Morgan fingerprint density at radius 1 is 1.21 bits per heavy atom. The lowest BCUT2D eigenvalue weighted by Gasteiger charge is -2.14. The average molecular weight is 497 g/mol. The molecule has 0 saturated carbocycles. The number of aliphatic hydroxyl groups excluding tert-OH is 2. The van der Waals surface area contributed by atoms with Crippen LogP contribution >= 0.6 is 22.9 Å². The molecule has 0 saturated heterocycles. The van der Waals surface area contributed by atoms with Crippen molar-refractivity contribution in [3.8, 4) is 32.6 Å². The van der Waals surface area contributed by atoms with Crippen LogP contribution in [0.5, 0.6) is 5.75 Å². The Morgan fingerprint density at radius 3 is 2.82 bits per heavy atom. The molecule has 0 spiro atoms. The van der Waals surface area contributed by atoms with E-state index < -0.39 is 6.04 Å². The van der Waals surface area contributed by atoms with E-state index in [0.29, 0.717) is 35.2 Å². The highest BCUT2D eigenvalue weighted by atomic mass is 35.5. The number of nitrogens with zero attached hydrogens (tertiary/aromatic N) is 3. The molecule has 2 aromatic heterocycles. The molecule has 10 heteroatoms. The zero-order chi connectivity index (χ0) is 23.7. The van der Waals surface area contributed by atoms with Crippen molar-refractivity contribution in [1.82, 2.24) is 20.1 Å². The van der Waals surface area contributed by atoms with Gasteiger partial charge >= 0.3 is 0 Å². The molecule has 0 radical (unpaired) electrons. The van der Waals surface area contributed by atoms with E-state index >= 15 is 0 Å². The smallest absolute Gasteiger partial charge is 0.251 e. The Labute approximate surface area is 204 Å². The van der Waals surface area contributed by atoms with Crippen LogP contribution in [0, 0.1) is 0 Å². The fourth-order valence-corrected chi connectivity index (χ4v) is 5.29. The minimum Gasteiger partial charge on any atom is -0.493 e. The van der Waals surface area contributed by atoms with Gasteiger partial charge in [0.25, 0.3) is 5.91 Å². The van der Waals surface area contributed by atoms with Gasteiger partial charge in [-0.1, -0.05) is 23.7 Å². The molecule has 1 amide bonds. The van der Waals surface area contributed by atoms with Gasteiger partial charge in [-0.05, 0) is 42.0 Å². The molecule has 34 heavy (non-hydrogen) atoms. The summed E-state index contributed by atoms with van der Waals surface area (Å²) < 4.78 is 7.83. The number of amides is 1. The maximum atomic E-state index is 12.5. The molecule has 174 valence electrons. The number of halogens is 1. The van der Waals surface area contributed by atoms with Crippen LogP contribution in [0.2, 0.25) is 5.02 Å². The van der Waals surface area contributed by atoms with Crippen molar-refractivity contribution < 1.29 is 19.7 Å². The zero-order valence-corrected chi connectivity index (χ0v) is 19.5. The summed E-state index contributed by atoms with van der Waals surface area (Å²) in [5, 5.41) is 30.1. The van der Waals surface area contributed by atoms with Crippen LogP contribution in [0.3, 0.4) is 0 Å². The number of benzene rings is 2. The number of fused-ring (bicyclic) bond motifs is 3. The monoisotopic (exact) mass is 496 g/mol. The number of carbonyl (C=O) groups excluding carboxylic acids is 1. The molecule has 3 heterocycles. The minimum absolute atomic E-state index is 0.343. The van der Waals surface area contributed by atoms with Crippen molar-refractivity contribution in [2.24, 2.45) is 0 Å². The zero-order valence-electron chi connectivity index (χ0n) is 17.9. The maximum Gasteiger partial charge on any atom is 0.251 e. The number of hydrogen-bond acceptors (Lipinski definition) is 7. The van der Waals surface area contributed by atoms with E-state index in [2.05, 4.69) is 21.6 Å². The van der Waals surface area contributed by atoms with Crippen LogP contribution in [-0.4, -0.2) is 56.7 Å². The van der Waals surface area contributed by atoms with E-state index in [-0.39, 0.29) is 19.1 Å². The van der Waals surface area contributed by atoms with Gasteiger partial charge in [0.15, 0.2) is 5.82 Å². The molecule has 8 nitrogen and oxygen atoms in total. The van der Waals surface area contributed by atoms with Gasteiger partial charge in [0.05, 0.1) is 41.4 Å². The molecule has 0 bridgehead atoms. The van der Waals surface area contributed by atoms with E-state index in [9.17, 15) is 15.0 Å². The minimum atomic E-state index is -0.714. The number of para-hydroxylation sites is 1. The third kappa shape index (κ3) is 4.19. The number of hydrogen-bond donors (Lipinski definition) is 3. The summed E-state index contributed by atoms with van der Waals surface area (Å²) in [6.45, 7) is -0.220. The fraction of sp³-hybridized carbons (Fsp3) is 0.208. The molecule has 3 N–H and O–H groups in total. The molecule has 0 unspecified atom stereocenters. The predicted molar refractivity (Wildman–Crippen MR) is 130 cm³/mol. The number of thiophene rings is 1. The van der Waals surface area contributed by atoms with Crippen molar-refractivity contribution in [3.63, 3.8) is 0 Å². The molecular weight excluding hydrogens is 476 g/mol. The van der Waals surface area contributed by atoms with Gasteiger partial charge in [0.1, 0.15) is 12.1 Å². The Bertz CT molecular complexity index is 1350. The number of aromatic nitrogens is 3. The van der Waals surface area contributed by atoms with Gasteiger partial charge in [-0.15, -0.1) is 21.5 Å². The highest BCUT2D eigenvalue weighted by molar-refractivity contribution is 7.19. The molecule has 0 atom stereocenters. The van der Waals surface area contributed by atoms with Crippen LogP contribution < -0.4 is 10.1 Å². The first-order chi connectivity index (χ1) is 16.6. The summed E-state index contributed by atoms with van der Waals surface area (Å²) in [5.74, 6) is 0.921. The Morgan fingerprint density at radius 2 is 2.03 bits per heavy atom. The van der Waals surface area contributed by atoms with Crippen LogP contribution in [0.1, 0.15) is 15.9 Å². The lowest BCUT2D eigenvalue weighted by Crippen LogP contribution is -2.40. The number of aliphatic hydroxyl groups is 2. The van der Waals surface area contributed by atoms with Crippen LogP contribution in [0.15, 0.2) is 54.9 Å². The highest BCUT2D eigenvalue weighted by Gasteiger charge is 2.23. The van der Waals surface area contributed by atoms with E-state index in [1.165, 1.54) is 0 Å². The second kappa shape index (κ2) is 9.55. The lowest BCUT2D eigenvalue weighted by atomic mass is 10.0. The second-order valence-electron chi connectivity index (χ2n) is 7.79. The van der Waals surface area contributed by atoms with Gasteiger partial charge in [0, 0.05) is 22.4 Å². The summed E-state index contributed by atoms with van der Waals surface area (Å²) in [7, 11) is 0. The van der Waals surface area contributed by atoms with Crippen molar-refractivity contribution in [1.29, 1.82) is 0 Å². The summed E-state index contributed by atoms with van der Waals surface area (Å²) in [4.78, 5) is 14.5. The standard InChI is InChI=1S/C24H21ClN4O4S/c25-18-3-1-2-4-19(18)29-13-26-28-23(29)21-10-14-7-8-33-20-9-15(5-6-17(20)22(14)34-21)24(32)27-16(11-30)12-31/h1-6,9-10,13,16,30-31H,7-8,11-12H2,(H,27,32). The maximum absolute atomic E-state index is 12.5. The van der Waals surface area contributed by atoms with Gasteiger partial charge in [-0.2, -0.15) is 0 Å². The topological polar surface area (TPSA) is 110 Å². The summed E-state index contributed by atoms with van der Waals surface area (Å²) in [6.07, 6.45) is 2.36. The number of rotatable bonds is 6. The first-order valence-corrected chi connectivity index (χ1v) is 11.9. The third-order valence-electron chi connectivity index (χ3n) is 5.58. The third-order valence-corrected chi connectivity index (χ3v) is 7.11. The highest BCUT2D eigenvalue weighted by Crippen LogP contribution is 2.44. The van der Waals surface area contributed by atoms with Gasteiger partial charge in [0.2, 0.25) is 0 Å². The van der Waals surface area contributed by atoms with Crippen LogP contribution in [0.25, 0.3) is 26.8 Å². The quantitative estimate of drug-likeness (QED) is 0.378. The van der Waals surface area contributed by atoms with Crippen molar-refractivity contribution in [2.75, 3.05) is 19.8 Å². The van der Waals surface area contributed by atoms with E-state index in [0.717, 1.165) is 26.6 Å². The number of carbonyl (C=O) groups is 1. The molecule has 5 rings (SSSR count). The van der Waals surface area contributed by atoms with Gasteiger partial charge in [-0.3, -0.25) is 9.36 Å². The summed E-state index contributed by atoms with van der Waals surface area (Å²) in [6, 6.07) is 14.2. The van der Waals surface area contributed by atoms with Gasteiger partial charge < -0.3 is 20.3 Å². The SMILES string of the molecule is O=C(NC(CO)CO)c1ccc2c(c1)OCCc1cc(-c3nncn3-c3ccccc3Cl)sc1-2. The van der Waals surface area contributed by atoms with Crippen molar-refractivity contribution in [3.05, 3.63) is 71.0 Å². The molecule has 1 aliphatic heterocycles. The lowest BCUT2D eigenvalue weighted by molar-refractivity contribution is 0.0879. The number of nitrogens with one attached hydrogen (secondary N) is 1. The first-order valence-electron chi connectivity index (χ1n) is 10.7. The average Bonchev–Trinajstić information content (AvgIpc) is 3.46. The van der Waals surface area contributed by atoms with E-state index in [1.54, 1.807) is 29.8 Å². The van der Waals surface area contributed by atoms with Crippen molar-refractivity contribution >= 4 is 28.8 Å². The molecule has 0 aliphatic carbocycles. The Balaban J connectivity index is 1.50. The van der Waals surface area contributed by atoms with E-state index in [4.69, 9.17) is 16.3 Å². The summed E-state index contributed by atoms with van der Waals surface area (Å²) in [5.41, 5.74) is 3.22. The molecule has 0 fully saturated rings. The summed E-state index contributed by atoms with van der Waals surface area (Å²) >= 11 is 7.99. The van der Waals surface area contributed by atoms with Crippen LogP contribution in [0.4, 0.5) is 0 Å². The first kappa shape index (κ1) is 22.5. The van der Waals surface area contributed by atoms with Gasteiger partial charge in [-0.25, -0.2) is 0 Å². The molecule has 2 aromatic carbocycles. The second-order valence-corrected chi connectivity index (χ2v) is 9.25. The van der Waals surface area contributed by atoms with Crippen LogP contribution in [-0.2, 0) is 6.42 Å². The molecule has 1 aliphatic rings.